The van der Waals surface area contributed by atoms with E-state index in [1.807, 2.05) is 38.1 Å². The number of rotatable bonds is 3. The number of nitrogens with zero attached hydrogens (tertiary/aromatic N) is 2. The number of aryl methyl sites for hydroxylation is 2. The van der Waals surface area contributed by atoms with Crippen LogP contribution in [0.25, 0.3) is 16.9 Å². The molecule has 0 aliphatic rings. The minimum absolute atomic E-state index is 0.229. The van der Waals surface area contributed by atoms with Crippen LogP contribution in [0.2, 0.25) is 0 Å². The molecule has 0 aliphatic heterocycles. The maximum atomic E-state index is 10.6. The van der Waals surface area contributed by atoms with Crippen molar-refractivity contribution in [2.45, 2.75) is 27.2 Å². The topological polar surface area (TPSA) is 38.0 Å². The van der Waals surface area contributed by atoms with E-state index < -0.39 is 0 Å². The molecule has 112 valence electrons. The van der Waals surface area contributed by atoms with Crippen LogP contribution in [0.1, 0.15) is 23.6 Å². The summed E-state index contributed by atoms with van der Waals surface area (Å²) in [7, 11) is 0. The zero-order valence-corrected chi connectivity index (χ0v) is 13.2. The van der Waals surface area contributed by atoms with Crippen molar-refractivity contribution in [2.24, 2.45) is 0 Å². The van der Waals surface area contributed by atoms with Crippen molar-refractivity contribution in [1.29, 1.82) is 0 Å². The van der Waals surface area contributed by atoms with E-state index in [0.717, 1.165) is 34.5 Å². The molecular weight excluding hydrogens is 272 g/mol. The Morgan fingerprint density at radius 1 is 1.00 bits per heavy atom. The smallest absolute Gasteiger partial charge is 0.218 e. The van der Waals surface area contributed by atoms with Crippen molar-refractivity contribution >= 4 is 0 Å². The van der Waals surface area contributed by atoms with Gasteiger partial charge in [-0.05, 0) is 31.9 Å². The van der Waals surface area contributed by atoms with Gasteiger partial charge >= 0.3 is 0 Å². The predicted molar refractivity (Wildman–Crippen MR) is 89.5 cm³/mol. The molecule has 3 nitrogen and oxygen atoms in total. The third-order valence-corrected chi connectivity index (χ3v) is 3.98. The third-order valence-electron chi connectivity index (χ3n) is 3.98. The van der Waals surface area contributed by atoms with Crippen molar-refractivity contribution in [1.82, 2.24) is 9.78 Å². The summed E-state index contributed by atoms with van der Waals surface area (Å²) in [6.07, 6.45) is 0.737. The first-order chi connectivity index (χ1) is 10.6. The third kappa shape index (κ3) is 2.39. The highest BCUT2D eigenvalue weighted by Crippen LogP contribution is 2.33. The average molecular weight is 292 g/mol. The predicted octanol–water partition coefficient (Wildman–Crippen LogP) is 4.42. The fourth-order valence-corrected chi connectivity index (χ4v) is 2.68. The van der Waals surface area contributed by atoms with Crippen LogP contribution >= 0.6 is 0 Å². The summed E-state index contributed by atoms with van der Waals surface area (Å²) in [6, 6.07) is 16.2. The standard InChI is InChI=1S/C19H20N2O/c1-4-16-18(15-11-9-13(2)10-12-15)20-21(19(16)22)17-8-6-5-7-14(17)3/h5-12,22H,4H2,1-3H3. The molecule has 0 amide bonds. The fraction of sp³-hybridized carbons (Fsp3) is 0.211. The molecule has 22 heavy (non-hydrogen) atoms. The molecule has 3 heteroatoms. The zero-order valence-electron chi connectivity index (χ0n) is 13.2. The second-order valence-electron chi connectivity index (χ2n) is 5.57. The molecule has 3 rings (SSSR count). The molecule has 1 N–H and O–H groups in total. The molecule has 3 aromatic rings. The van der Waals surface area contributed by atoms with Gasteiger partial charge in [0.25, 0.3) is 0 Å². The Morgan fingerprint density at radius 2 is 1.68 bits per heavy atom. The summed E-state index contributed by atoms with van der Waals surface area (Å²) in [5, 5.41) is 15.3. The normalized spacial score (nSPS) is 10.9. The van der Waals surface area contributed by atoms with Gasteiger partial charge in [-0.3, -0.25) is 0 Å². The maximum Gasteiger partial charge on any atom is 0.218 e. The quantitative estimate of drug-likeness (QED) is 0.775. The summed E-state index contributed by atoms with van der Waals surface area (Å²) >= 11 is 0. The molecule has 0 saturated carbocycles. The summed E-state index contributed by atoms with van der Waals surface area (Å²) in [4.78, 5) is 0. The van der Waals surface area contributed by atoms with Gasteiger partial charge in [0.2, 0.25) is 5.88 Å². The number of hydrogen-bond donors (Lipinski definition) is 1. The summed E-state index contributed by atoms with van der Waals surface area (Å²) in [5.41, 5.74) is 5.97. The first-order valence-electron chi connectivity index (χ1n) is 7.55. The van der Waals surface area contributed by atoms with E-state index in [0.29, 0.717) is 0 Å². The fourth-order valence-electron chi connectivity index (χ4n) is 2.68. The lowest BCUT2D eigenvalue weighted by Gasteiger charge is -2.06. The molecule has 0 fully saturated rings. The van der Waals surface area contributed by atoms with Crippen LogP contribution in [0.15, 0.2) is 48.5 Å². The van der Waals surface area contributed by atoms with Crippen molar-refractivity contribution in [3.63, 3.8) is 0 Å². The zero-order chi connectivity index (χ0) is 15.7. The van der Waals surface area contributed by atoms with Gasteiger partial charge in [0.05, 0.1) is 11.4 Å². The van der Waals surface area contributed by atoms with Gasteiger partial charge in [-0.15, -0.1) is 0 Å². The van der Waals surface area contributed by atoms with Crippen LogP contribution in [-0.2, 0) is 6.42 Å². The van der Waals surface area contributed by atoms with Gasteiger partial charge in [0, 0.05) is 11.1 Å². The maximum absolute atomic E-state index is 10.6. The number of para-hydroxylation sites is 1. The lowest BCUT2D eigenvalue weighted by molar-refractivity contribution is 0.428. The molecule has 2 aromatic carbocycles. The van der Waals surface area contributed by atoms with Gasteiger partial charge in [-0.1, -0.05) is 55.0 Å². The molecule has 0 atom stereocenters. The van der Waals surface area contributed by atoms with Crippen LogP contribution < -0.4 is 0 Å². The number of hydrogen-bond acceptors (Lipinski definition) is 2. The Bertz CT molecular complexity index is 801. The molecule has 0 radical (unpaired) electrons. The van der Waals surface area contributed by atoms with Crippen molar-refractivity contribution in [3.05, 3.63) is 65.2 Å². The summed E-state index contributed by atoms with van der Waals surface area (Å²) in [6.45, 7) is 6.12. The number of benzene rings is 2. The molecule has 0 unspecified atom stereocenters. The SMILES string of the molecule is CCc1c(-c2ccc(C)cc2)nn(-c2ccccc2C)c1O. The molecule has 0 spiro atoms. The summed E-state index contributed by atoms with van der Waals surface area (Å²) < 4.78 is 1.64. The van der Waals surface area contributed by atoms with Gasteiger partial charge in [0.1, 0.15) is 0 Å². The number of aromatic hydroxyl groups is 1. The van der Waals surface area contributed by atoms with Crippen LogP contribution in [0.4, 0.5) is 0 Å². The summed E-state index contributed by atoms with van der Waals surface area (Å²) in [5.74, 6) is 0.229. The molecule has 1 heterocycles. The van der Waals surface area contributed by atoms with Gasteiger partial charge < -0.3 is 5.11 Å². The van der Waals surface area contributed by atoms with Crippen molar-refractivity contribution in [2.75, 3.05) is 0 Å². The molecule has 0 aliphatic carbocycles. The van der Waals surface area contributed by atoms with E-state index in [9.17, 15) is 5.11 Å². The Kier molecular flexibility index (Phi) is 3.72. The van der Waals surface area contributed by atoms with Crippen LogP contribution in [0, 0.1) is 13.8 Å². The first-order valence-corrected chi connectivity index (χ1v) is 7.55. The van der Waals surface area contributed by atoms with E-state index in [1.54, 1.807) is 4.68 Å². The molecule has 0 bridgehead atoms. The van der Waals surface area contributed by atoms with Gasteiger partial charge in [-0.2, -0.15) is 5.10 Å². The Balaban J connectivity index is 2.19. The molecular formula is C19H20N2O. The van der Waals surface area contributed by atoms with Gasteiger partial charge in [0.15, 0.2) is 0 Å². The monoisotopic (exact) mass is 292 g/mol. The largest absolute Gasteiger partial charge is 0.493 e. The van der Waals surface area contributed by atoms with Gasteiger partial charge in [-0.25, -0.2) is 4.68 Å². The minimum atomic E-state index is 0.229. The van der Waals surface area contributed by atoms with Crippen molar-refractivity contribution in [3.8, 4) is 22.8 Å². The highest BCUT2D eigenvalue weighted by Gasteiger charge is 2.18. The van der Waals surface area contributed by atoms with E-state index in [-0.39, 0.29) is 5.88 Å². The Hall–Kier alpha value is -2.55. The van der Waals surface area contributed by atoms with Crippen LogP contribution in [0.3, 0.4) is 0 Å². The van der Waals surface area contributed by atoms with E-state index in [4.69, 9.17) is 0 Å². The van der Waals surface area contributed by atoms with E-state index >= 15 is 0 Å². The molecule has 0 saturated heterocycles. The van der Waals surface area contributed by atoms with E-state index in [1.165, 1.54) is 5.56 Å². The van der Waals surface area contributed by atoms with Crippen LogP contribution in [-0.4, -0.2) is 14.9 Å². The number of aromatic nitrogens is 2. The highest BCUT2D eigenvalue weighted by molar-refractivity contribution is 5.66. The average Bonchev–Trinajstić information content (AvgIpc) is 2.85. The van der Waals surface area contributed by atoms with Crippen molar-refractivity contribution < 1.29 is 5.11 Å². The lowest BCUT2D eigenvalue weighted by Crippen LogP contribution is -1.98. The first kappa shape index (κ1) is 14.4. The molecule has 1 aromatic heterocycles. The second kappa shape index (κ2) is 5.68. The Labute approximate surface area is 130 Å². The van der Waals surface area contributed by atoms with Crippen LogP contribution in [0.5, 0.6) is 5.88 Å². The Morgan fingerprint density at radius 3 is 2.32 bits per heavy atom. The minimum Gasteiger partial charge on any atom is -0.493 e. The second-order valence-corrected chi connectivity index (χ2v) is 5.57. The lowest BCUT2D eigenvalue weighted by atomic mass is 10.0. The highest BCUT2D eigenvalue weighted by atomic mass is 16.3. The van der Waals surface area contributed by atoms with E-state index in [2.05, 4.69) is 36.3 Å².